The lowest BCUT2D eigenvalue weighted by Crippen LogP contribution is -2.13. The van der Waals surface area contributed by atoms with Gasteiger partial charge in [-0.3, -0.25) is 4.72 Å². The summed E-state index contributed by atoms with van der Waals surface area (Å²) in [5, 5.41) is 4.60. The molecule has 7 heteroatoms. The molecule has 0 bridgehead atoms. The molecule has 0 saturated heterocycles. The Bertz CT molecular complexity index is 939. The Balaban J connectivity index is 1.98. The largest absolute Gasteiger partial charge is 0.347 e. The minimum Gasteiger partial charge on any atom is -0.347 e. The van der Waals surface area contributed by atoms with Gasteiger partial charge < -0.3 is 4.52 Å². The molecular weight excluding hydrogens is 368 g/mol. The number of thioether (sulfide) groups is 1. The predicted octanol–water partition coefficient (Wildman–Crippen LogP) is 5.03. The minimum absolute atomic E-state index is 0.199. The number of sulfonamides is 1. The van der Waals surface area contributed by atoms with Crippen LogP contribution in [-0.4, -0.2) is 19.3 Å². The van der Waals surface area contributed by atoms with Gasteiger partial charge in [-0.05, 0) is 18.6 Å². The number of nitrogens with zero attached hydrogens (tertiary/aromatic N) is 1. The molecule has 1 heterocycles. The molecule has 3 aromatic rings. The molecule has 5 nitrogen and oxygen atoms in total. The van der Waals surface area contributed by atoms with Crippen LogP contribution in [0.3, 0.4) is 0 Å². The van der Waals surface area contributed by atoms with Crippen LogP contribution in [-0.2, 0) is 10.0 Å². The molecule has 136 valence electrons. The topological polar surface area (TPSA) is 72.2 Å². The number of aromatic nitrogens is 1. The number of hydrogen-bond donors (Lipinski definition) is 1. The highest BCUT2D eigenvalue weighted by Gasteiger charge is 2.24. The Kier molecular flexibility index (Phi) is 6.00. The standard InChI is InChI=1S/C19H20N2O3S2/c1-2-3-14-25-19-18(17(20-24-19)15-10-6-4-7-11-15)21-26(22,23)16-12-8-5-9-13-16/h4-13,21H,2-3,14H2,1H3. The fraction of sp³-hybridized carbons (Fsp3) is 0.211. The van der Waals surface area contributed by atoms with Crippen molar-refractivity contribution in [2.24, 2.45) is 0 Å². The quantitative estimate of drug-likeness (QED) is 0.433. The lowest BCUT2D eigenvalue weighted by atomic mass is 10.1. The second kappa shape index (κ2) is 8.42. The van der Waals surface area contributed by atoms with Gasteiger partial charge in [-0.2, -0.15) is 0 Å². The van der Waals surface area contributed by atoms with Gasteiger partial charge >= 0.3 is 0 Å². The summed E-state index contributed by atoms with van der Waals surface area (Å²) in [6.07, 6.45) is 2.06. The summed E-state index contributed by atoms with van der Waals surface area (Å²) < 4.78 is 33.7. The molecule has 0 saturated carbocycles. The van der Waals surface area contributed by atoms with E-state index >= 15 is 0 Å². The molecule has 26 heavy (non-hydrogen) atoms. The number of hydrogen-bond acceptors (Lipinski definition) is 5. The van der Waals surface area contributed by atoms with E-state index in [1.807, 2.05) is 30.3 Å². The van der Waals surface area contributed by atoms with Crippen LogP contribution in [0.25, 0.3) is 11.3 Å². The van der Waals surface area contributed by atoms with E-state index in [1.165, 1.54) is 11.8 Å². The number of benzene rings is 2. The van der Waals surface area contributed by atoms with Gasteiger partial charge in [0.05, 0.1) is 4.90 Å². The first-order valence-corrected chi connectivity index (χ1v) is 10.8. The van der Waals surface area contributed by atoms with E-state index in [4.69, 9.17) is 4.52 Å². The van der Waals surface area contributed by atoms with E-state index in [0.29, 0.717) is 16.5 Å². The fourth-order valence-electron chi connectivity index (χ4n) is 2.36. The molecule has 0 atom stereocenters. The highest BCUT2D eigenvalue weighted by atomic mass is 32.2. The maximum absolute atomic E-state index is 12.8. The van der Waals surface area contributed by atoms with Crippen LogP contribution in [0, 0.1) is 0 Å². The second-order valence-corrected chi connectivity index (χ2v) is 8.43. The maximum Gasteiger partial charge on any atom is 0.262 e. The van der Waals surface area contributed by atoms with E-state index in [9.17, 15) is 8.42 Å². The van der Waals surface area contributed by atoms with Crippen molar-refractivity contribution in [1.82, 2.24) is 5.16 Å². The number of unbranched alkanes of at least 4 members (excludes halogenated alkanes) is 1. The normalized spacial score (nSPS) is 11.4. The highest BCUT2D eigenvalue weighted by Crippen LogP contribution is 2.38. The summed E-state index contributed by atoms with van der Waals surface area (Å²) in [6.45, 7) is 2.11. The van der Waals surface area contributed by atoms with Gasteiger partial charge in [-0.25, -0.2) is 8.42 Å². The lowest BCUT2D eigenvalue weighted by molar-refractivity contribution is 0.353. The average Bonchev–Trinajstić information content (AvgIpc) is 3.05. The molecule has 0 spiro atoms. The molecule has 0 aliphatic rings. The highest BCUT2D eigenvalue weighted by molar-refractivity contribution is 7.99. The first-order chi connectivity index (χ1) is 12.6. The molecule has 0 aliphatic carbocycles. The third kappa shape index (κ3) is 4.28. The third-order valence-electron chi connectivity index (χ3n) is 3.73. The van der Waals surface area contributed by atoms with Crippen molar-refractivity contribution in [3.63, 3.8) is 0 Å². The van der Waals surface area contributed by atoms with E-state index in [-0.39, 0.29) is 4.90 Å². The lowest BCUT2D eigenvalue weighted by Gasteiger charge is -2.09. The first kappa shape index (κ1) is 18.5. The van der Waals surface area contributed by atoms with E-state index < -0.39 is 10.0 Å². The Morgan fingerprint density at radius 1 is 1.04 bits per heavy atom. The van der Waals surface area contributed by atoms with Crippen molar-refractivity contribution in [1.29, 1.82) is 0 Å². The Morgan fingerprint density at radius 3 is 2.35 bits per heavy atom. The summed E-state index contributed by atoms with van der Waals surface area (Å²) in [5.74, 6) is 0.833. The van der Waals surface area contributed by atoms with Crippen molar-refractivity contribution < 1.29 is 12.9 Å². The summed E-state index contributed by atoms with van der Waals surface area (Å²) in [4.78, 5) is 0.199. The zero-order valence-corrected chi connectivity index (χ0v) is 16.0. The molecule has 0 unspecified atom stereocenters. The van der Waals surface area contributed by atoms with Gasteiger partial charge in [-0.1, -0.05) is 78.8 Å². The van der Waals surface area contributed by atoms with Gasteiger partial charge in [0.15, 0.2) is 0 Å². The zero-order valence-electron chi connectivity index (χ0n) is 14.4. The molecule has 1 N–H and O–H groups in total. The molecule has 2 aromatic carbocycles. The first-order valence-electron chi connectivity index (χ1n) is 8.37. The Labute approximate surface area is 157 Å². The van der Waals surface area contributed by atoms with Crippen LogP contribution in [0.5, 0.6) is 0 Å². The van der Waals surface area contributed by atoms with Gasteiger partial charge in [0, 0.05) is 11.3 Å². The van der Waals surface area contributed by atoms with E-state index in [1.54, 1.807) is 30.3 Å². The van der Waals surface area contributed by atoms with E-state index in [0.717, 1.165) is 24.2 Å². The monoisotopic (exact) mass is 388 g/mol. The maximum atomic E-state index is 12.8. The molecular formula is C19H20N2O3S2. The van der Waals surface area contributed by atoms with Crippen LogP contribution < -0.4 is 4.72 Å². The van der Waals surface area contributed by atoms with Crippen molar-refractivity contribution in [3.8, 4) is 11.3 Å². The fourth-order valence-corrected chi connectivity index (χ4v) is 4.52. The summed E-state index contributed by atoms with van der Waals surface area (Å²) in [7, 11) is -3.73. The second-order valence-electron chi connectivity index (χ2n) is 5.68. The van der Waals surface area contributed by atoms with Gasteiger partial charge in [0.25, 0.3) is 10.0 Å². The number of rotatable bonds is 8. The summed E-state index contributed by atoms with van der Waals surface area (Å²) in [5.41, 5.74) is 1.68. The number of anilines is 1. The summed E-state index contributed by atoms with van der Waals surface area (Å²) >= 11 is 1.47. The van der Waals surface area contributed by atoms with E-state index in [2.05, 4.69) is 16.8 Å². The van der Waals surface area contributed by atoms with Gasteiger partial charge in [0.2, 0.25) is 5.09 Å². The SMILES string of the molecule is CCCCSc1onc(-c2ccccc2)c1NS(=O)(=O)c1ccccc1. The zero-order chi connectivity index (χ0) is 18.4. The molecule has 0 fully saturated rings. The van der Waals surface area contributed by atoms with Crippen molar-refractivity contribution in [2.75, 3.05) is 10.5 Å². The van der Waals surface area contributed by atoms with Crippen LogP contribution in [0.1, 0.15) is 19.8 Å². The Morgan fingerprint density at radius 2 is 1.69 bits per heavy atom. The van der Waals surface area contributed by atoms with Crippen LogP contribution in [0.15, 0.2) is 75.2 Å². The molecule has 1 aromatic heterocycles. The average molecular weight is 389 g/mol. The minimum atomic E-state index is -3.73. The summed E-state index contributed by atoms with van der Waals surface area (Å²) in [6, 6.07) is 17.7. The number of nitrogens with one attached hydrogen (secondary N) is 1. The third-order valence-corrected chi connectivity index (χ3v) is 6.13. The smallest absolute Gasteiger partial charge is 0.262 e. The predicted molar refractivity (Wildman–Crippen MR) is 105 cm³/mol. The van der Waals surface area contributed by atoms with Crippen LogP contribution >= 0.6 is 11.8 Å². The molecule has 0 amide bonds. The van der Waals surface area contributed by atoms with Crippen LogP contribution in [0.4, 0.5) is 5.69 Å². The Hall–Kier alpha value is -2.25. The van der Waals surface area contributed by atoms with Gasteiger partial charge in [0.1, 0.15) is 11.4 Å². The van der Waals surface area contributed by atoms with Crippen molar-refractivity contribution in [3.05, 3.63) is 60.7 Å². The molecule has 3 rings (SSSR count). The van der Waals surface area contributed by atoms with Crippen molar-refractivity contribution in [2.45, 2.75) is 29.8 Å². The molecule has 0 radical (unpaired) electrons. The van der Waals surface area contributed by atoms with Crippen molar-refractivity contribution >= 4 is 27.5 Å². The van der Waals surface area contributed by atoms with Gasteiger partial charge in [-0.15, -0.1) is 0 Å². The molecule has 0 aliphatic heterocycles. The van der Waals surface area contributed by atoms with Crippen LogP contribution in [0.2, 0.25) is 0 Å².